The highest BCUT2D eigenvalue weighted by molar-refractivity contribution is 7.89. The van der Waals surface area contributed by atoms with Crippen molar-refractivity contribution in [2.45, 2.75) is 57.4 Å². The molecule has 1 atom stereocenters. The molecule has 162 valence electrons. The van der Waals surface area contributed by atoms with Crippen molar-refractivity contribution in [3.05, 3.63) is 65.2 Å². The number of hydrogen-bond acceptors (Lipinski definition) is 3. The van der Waals surface area contributed by atoms with Crippen molar-refractivity contribution in [2.24, 2.45) is 5.92 Å². The molecule has 3 rings (SSSR count). The number of nitrogens with zero attached hydrogens (tertiary/aromatic N) is 1. The minimum Gasteiger partial charge on any atom is -0.353 e. The van der Waals surface area contributed by atoms with Crippen molar-refractivity contribution in [3.63, 3.8) is 0 Å². The van der Waals surface area contributed by atoms with E-state index in [1.54, 1.807) is 12.1 Å². The predicted molar refractivity (Wildman–Crippen MR) is 120 cm³/mol. The SMILES string of the molecule is Cc1ccc(S(=O)(=O)N2CCC(C(=O)N[C@H](C)CCc3ccccc3)CC2)cc1C. The predicted octanol–water partition coefficient (Wildman–Crippen LogP) is 3.84. The second-order valence-electron chi connectivity index (χ2n) is 8.36. The Balaban J connectivity index is 1.50. The zero-order valence-corrected chi connectivity index (χ0v) is 18.9. The third-order valence-electron chi connectivity index (χ3n) is 6.04. The number of benzene rings is 2. The monoisotopic (exact) mass is 428 g/mol. The van der Waals surface area contributed by atoms with Crippen molar-refractivity contribution < 1.29 is 13.2 Å². The Morgan fingerprint density at radius 1 is 1.07 bits per heavy atom. The second kappa shape index (κ2) is 9.75. The summed E-state index contributed by atoms with van der Waals surface area (Å²) in [4.78, 5) is 13.0. The van der Waals surface area contributed by atoms with E-state index in [-0.39, 0.29) is 17.9 Å². The molecule has 1 N–H and O–H groups in total. The summed E-state index contributed by atoms with van der Waals surface area (Å²) in [5.74, 6) is -0.0887. The molecule has 1 heterocycles. The first-order valence-electron chi connectivity index (χ1n) is 10.7. The summed E-state index contributed by atoms with van der Waals surface area (Å²) in [6.45, 7) is 6.68. The summed E-state index contributed by atoms with van der Waals surface area (Å²) in [5, 5.41) is 3.11. The number of sulfonamides is 1. The van der Waals surface area contributed by atoms with E-state index in [0.717, 1.165) is 24.0 Å². The van der Waals surface area contributed by atoms with Gasteiger partial charge < -0.3 is 5.32 Å². The Morgan fingerprint density at radius 2 is 1.73 bits per heavy atom. The maximum Gasteiger partial charge on any atom is 0.243 e. The maximum atomic E-state index is 13.0. The standard InChI is InChI=1S/C24H32N2O3S/c1-18-9-12-23(17-19(18)2)30(28,29)26-15-13-22(14-16-26)24(27)25-20(3)10-11-21-7-5-4-6-8-21/h4-9,12,17,20,22H,10-11,13-16H2,1-3H3,(H,25,27)/t20-/m1/s1. The van der Waals surface area contributed by atoms with Crippen LogP contribution < -0.4 is 5.32 Å². The van der Waals surface area contributed by atoms with Gasteiger partial charge in [-0.05, 0) is 75.3 Å². The van der Waals surface area contributed by atoms with E-state index >= 15 is 0 Å². The molecule has 0 aliphatic carbocycles. The fourth-order valence-corrected chi connectivity index (χ4v) is 5.40. The molecule has 1 aliphatic rings. The van der Waals surface area contributed by atoms with Crippen LogP contribution in [0.1, 0.15) is 42.9 Å². The van der Waals surface area contributed by atoms with Gasteiger partial charge in [-0.15, -0.1) is 0 Å². The van der Waals surface area contributed by atoms with Gasteiger partial charge >= 0.3 is 0 Å². The van der Waals surface area contributed by atoms with Crippen molar-refractivity contribution in [3.8, 4) is 0 Å². The van der Waals surface area contributed by atoms with Crippen molar-refractivity contribution in [1.29, 1.82) is 0 Å². The molecule has 0 aromatic heterocycles. The highest BCUT2D eigenvalue weighted by atomic mass is 32.2. The highest BCUT2D eigenvalue weighted by Gasteiger charge is 2.32. The summed E-state index contributed by atoms with van der Waals surface area (Å²) >= 11 is 0. The first-order chi connectivity index (χ1) is 14.3. The van der Waals surface area contributed by atoms with Gasteiger partial charge in [0.2, 0.25) is 15.9 Å². The Bertz CT molecular complexity index is 965. The van der Waals surface area contributed by atoms with Gasteiger partial charge in [0.05, 0.1) is 4.90 Å². The Labute approximate surface area is 180 Å². The van der Waals surface area contributed by atoms with Crippen LogP contribution in [-0.4, -0.2) is 37.8 Å². The summed E-state index contributed by atoms with van der Waals surface area (Å²) in [7, 11) is -3.51. The molecule has 2 aromatic rings. The molecule has 6 heteroatoms. The molecule has 5 nitrogen and oxygen atoms in total. The number of aryl methyl sites for hydroxylation is 3. The molecular weight excluding hydrogens is 396 g/mol. The largest absolute Gasteiger partial charge is 0.353 e. The van der Waals surface area contributed by atoms with Crippen LogP contribution in [0.15, 0.2) is 53.4 Å². The van der Waals surface area contributed by atoms with E-state index in [1.165, 1.54) is 9.87 Å². The van der Waals surface area contributed by atoms with Crippen molar-refractivity contribution >= 4 is 15.9 Å². The van der Waals surface area contributed by atoms with Gasteiger partial charge in [0.1, 0.15) is 0 Å². The molecule has 1 amide bonds. The number of carbonyl (C=O) groups is 1. The number of hydrogen-bond donors (Lipinski definition) is 1. The van der Waals surface area contributed by atoms with Crippen LogP contribution in [0.3, 0.4) is 0 Å². The molecule has 30 heavy (non-hydrogen) atoms. The van der Waals surface area contributed by atoms with E-state index in [2.05, 4.69) is 17.4 Å². The lowest BCUT2D eigenvalue weighted by Gasteiger charge is -2.31. The first-order valence-corrected chi connectivity index (χ1v) is 12.1. The fourth-order valence-electron chi connectivity index (χ4n) is 3.84. The van der Waals surface area contributed by atoms with Gasteiger partial charge in [-0.1, -0.05) is 36.4 Å². The number of nitrogens with one attached hydrogen (secondary N) is 1. The summed E-state index contributed by atoms with van der Waals surface area (Å²) in [5.41, 5.74) is 3.31. The van der Waals surface area contributed by atoms with E-state index in [0.29, 0.717) is 30.8 Å². The van der Waals surface area contributed by atoms with Gasteiger partial charge in [0.15, 0.2) is 0 Å². The molecule has 1 aliphatic heterocycles. The van der Waals surface area contributed by atoms with E-state index in [9.17, 15) is 13.2 Å². The van der Waals surface area contributed by atoms with E-state index in [4.69, 9.17) is 0 Å². The molecular formula is C24H32N2O3S. The minimum atomic E-state index is -3.51. The molecule has 0 unspecified atom stereocenters. The average molecular weight is 429 g/mol. The third kappa shape index (κ3) is 5.49. The molecule has 1 saturated heterocycles. The summed E-state index contributed by atoms with van der Waals surface area (Å²) < 4.78 is 27.4. The smallest absolute Gasteiger partial charge is 0.243 e. The zero-order valence-electron chi connectivity index (χ0n) is 18.1. The second-order valence-corrected chi connectivity index (χ2v) is 10.3. The molecule has 2 aromatic carbocycles. The quantitative estimate of drug-likeness (QED) is 0.729. The summed E-state index contributed by atoms with van der Waals surface area (Å²) in [6, 6.07) is 15.6. The first kappa shape index (κ1) is 22.5. The van der Waals surface area contributed by atoms with Crippen LogP contribution in [0.4, 0.5) is 0 Å². The van der Waals surface area contributed by atoms with Crippen LogP contribution >= 0.6 is 0 Å². The normalized spacial score (nSPS) is 16.9. The number of amides is 1. The van der Waals surface area contributed by atoms with Gasteiger partial charge in [-0.25, -0.2) is 8.42 Å². The van der Waals surface area contributed by atoms with Gasteiger partial charge in [-0.3, -0.25) is 4.79 Å². The summed E-state index contributed by atoms with van der Waals surface area (Å²) in [6.07, 6.45) is 2.92. The Kier molecular flexibility index (Phi) is 7.32. The van der Waals surface area contributed by atoms with Crippen LogP contribution in [0.25, 0.3) is 0 Å². The fraction of sp³-hybridized carbons (Fsp3) is 0.458. The molecule has 0 bridgehead atoms. The third-order valence-corrected chi connectivity index (χ3v) is 7.93. The Hall–Kier alpha value is -2.18. The van der Waals surface area contributed by atoms with Crippen molar-refractivity contribution in [2.75, 3.05) is 13.1 Å². The number of rotatable bonds is 7. The minimum absolute atomic E-state index is 0.0405. The highest BCUT2D eigenvalue weighted by Crippen LogP contribution is 2.25. The maximum absolute atomic E-state index is 13.0. The average Bonchev–Trinajstić information content (AvgIpc) is 2.75. The number of carbonyl (C=O) groups excluding carboxylic acids is 1. The topological polar surface area (TPSA) is 66.5 Å². The van der Waals surface area contributed by atoms with Gasteiger partial charge in [0.25, 0.3) is 0 Å². The van der Waals surface area contributed by atoms with Gasteiger partial charge in [-0.2, -0.15) is 4.31 Å². The van der Waals surface area contributed by atoms with Crippen LogP contribution in [-0.2, 0) is 21.2 Å². The zero-order chi connectivity index (χ0) is 21.7. The molecule has 0 saturated carbocycles. The lowest BCUT2D eigenvalue weighted by Crippen LogP contribution is -2.44. The lowest BCUT2D eigenvalue weighted by atomic mass is 9.96. The van der Waals surface area contributed by atoms with E-state index in [1.807, 2.05) is 45.0 Å². The van der Waals surface area contributed by atoms with Crippen molar-refractivity contribution in [1.82, 2.24) is 9.62 Å². The lowest BCUT2D eigenvalue weighted by molar-refractivity contribution is -0.126. The van der Waals surface area contributed by atoms with Crippen LogP contribution in [0.2, 0.25) is 0 Å². The number of piperidine rings is 1. The van der Waals surface area contributed by atoms with E-state index < -0.39 is 10.0 Å². The van der Waals surface area contributed by atoms with Crippen LogP contribution in [0.5, 0.6) is 0 Å². The van der Waals surface area contributed by atoms with Crippen LogP contribution in [0, 0.1) is 19.8 Å². The molecule has 0 spiro atoms. The molecule has 1 fully saturated rings. The molecule has 0 radical (unpaired) electrons. The van der Waals surface area contributed by atoms with Gasteiger partial charge in [0, 0.05) is 25.0 Å². The Morgan fingerprint density at radius 3 is 2.37 bits per heavy atom.